The number of benzene rings is 2. The number of amides is 2. The molecule has 3 rings (SSSR count). The van der Waals surface area contributed by atoms with Gasteiger partial charge in [0.2, 0.25) is 11.8 Å². The normalized spacial score (nSPS) is 18.4. The summed E-state index contributed by atoms with van der Waals surface area (Å²) >= 11 is 1.40. The number of thioether (sulfide) groups is 1. The molecule has 0 aromatic heterocycles. The first-order valence-corrected chi connectivity index (χ1v) is 12.0. The highest BCUT2D eigenvalue weighted by Gasteiger charge is 2.34. The summed E-state index contributed by atoms with van der Waals surface area (Å²) in [6.45, 7) is 5.89. The highest BCUT2D eigenvalue weighted by molar-refractivity contribution is 8.00. The largest absolute Gasteiger partial charge is 0.481 e. The Kier molecular flexibility index (Phi) is 8.33. The number of allylic oxidation sites excluding steroid dienone is 2. The second-order valence-corrected chi connectivity index (χ2v) is 9.64. The molecule has 3 N–H and O–H groups in total. The number of nitrogens with one attached hydrogen (secondary N) is 2. The van der Waals surface area contributed by atoms with E-state index in [9.17, 15) is 19.5 Å². The van der Waals surface area contributed by atoms with Crippen LogP contribution in [0.15, 0.2) is 59.5 Å². The van der Waals surface area contributed by atoms with E-state index < -0.39 is 17.8 Å². The van der Waals surface area contributed by atoms with E-state index in [1.807, 2.05) is 62.4 Å². The zero-order valence-electron chi connectivity index (χ0n) is 19.1. The maximum Gasteiger partial charge on any atom is 0.307 e. The van der Waals surface area contributed by atoms with Crippen LogP contribution in [0, 0.1) is 18.8 Å². The van der Waals surface area contributed by atoms with Crippen molar-refractivity contribution in [3.8, 4) is 0 Å². The molecule has 174 valence electrons. The van der Waals surface area contributed by atoms with Crippen LogP contribution in [-0.2, 0) is 20.8 Å². The Morgan fingerprint density at radius 1 is 1.06 bits per heavy atom. The first-order valence-electron chi connectivity index (χ1n) is 11.1. The van der Waals surface area contributed by atoms with Gasteiger partial charge in [-0.1, -0.05) is 43.3 Å². The van der Waals surface area contributed by atoms with Gasteiger partial charge in [-0.15, -0.1) is 11.8 Å². The molecular formula is C26H30N2O4S. The van der Waals surface area contributed by atoms with Gasteiger partial charge in [0.25, 0.3) is 0 Å². The van der Waals surface area contributed by atoms with E-state index in [-0.39, 0.29) is 17.1 Å². The van der Waals surface area contributed by atoms with Gasteiger partial charge in [-0.05, 0) is 62.4 Å². The van der Waals surface area contributed by atoms with Crippen LogP contribution < -0.4 is 10.6 Å². The van der Waals surface area contributed by atoms with Crippen molar-refractivity contribution in [1.29, 1.82) is 0 Å². The summed E-state index contributed by atoms with van der Waals surface area (Å²) < 4.78 is 0. The number of hydrogen-bond donors (Lipinski definition) is 3. The molecule has 7 heteroatoms. The maximum atomic E-state index is 12.8. The van der Waals surface area contributed by atoms with Gasteiger partial charge in [0.05, 0.1) is 17.1 Å². The molecule has 0 fully saturated rings. The number of anilines is 2. The molecule has 0 saturated carbocycles. The van der Waals surface area contributed by atoms with E-state index in [2.05, 4.69) is 17.6 Å². The lowest BCUT2D eigenvalue weighted by Gasteiger charge is -2.24. The Bertz CT molecular complexity index is 1070. The number of carbonyl (C=O) groups is 3. The first kappa shape index (κ1) is 24.6. The molecule has 1 aliphatic carbocycles. The predicted octanol–water partition coefficient (Wildman–Crippen LogP) is 5.28. The zero-order chi connectivity index (χ0) is 24.0. The van der Waals surface area contributed by atoms with Gasteiger partial charge >= 0.3 is 5.97 Å². The topological polar surface area (TPSA) is 95.5 Å². The molecule has 0 spiro atoms. The third-order valence-electron chi connectivity index (χ3n) is 5.86. The average molecular weight is 467 g/mol. The molecule has 0 radical (unpaired) electrons. The van der Waals surface area contributed by atoms with Crippen LogP contribution in [0.5, 0.6) is 0 Å². The van der Waals surface area contributed by atoms with Gasteiger partial charge in [-0.3, -0.25) is 14.4 Å². The molecule has 6 nitrogen and oxygen atoms in total. The number of hydrogen-bond acceptors (Lipinski definition) is 4. The Balaban J connectivity index is 1.65. The fourth-order valence-electron chi connectivity index (χ4n) is 3.94. The predicted molar refractivity (Wildman–Crippen MR) is 133 cm³/mol. The van der Waals surface area contributed by atoms with Gasteiger partial charge < -0.3 is 15.7 Å². The van der Waals surface area contributed by atoms with Crippen molar-refractivity contribution in [3.63, 3.8) is 0 Å². The van der Waals surface area contributed by atoms with Crippen molar-refractivity contribution in [2.75, 3.05) is 10.6 Å². The smallest absolute Gasteiger partial charge is 0.307 e. The fourth-order valence-corrected chi connectivity index (χ4v) is 4.87. The average Bonchev–Trinajstić information content (AvgIpc) is 2.80. The summed E-state index contributed by atoms with van der Waals surface area (Å²) in [6.07, 6.45) is 5.27. The molecule has 3 atom stereocenters. The van der Waals surface area contributed by atoms with Crippen LogP contribution in [0.3, 0.4) is 0 Å². The lowest BCUT2D eigenvalue weighted by atomic mass is 9.82. The van der Waals surface area contributed by atoms with E-state index in [0.29, 0.717) is 18.5 Å². The van der Waals surface area contributed by atoms with Crippen molar-refractivity contribution in [3.05, 3.63) is 65.7 Å². The molecule has 2 aromatic rings. The number of aliphatic carboxylic acids is 1. The summed E-state index contributed by atoms with van der Waals surface area (Å²) in [5, 5.41) is 15.0. The van der Waals surface area contributed by atoms with Crippen LogP contribution in [0.1, 0.15) is 37.8 Å². The molecule has 0 bridgehead atoms. The van der Waals surface area contributed by atoms with Crippen molar-refractivity contribution < 1.29 is 19.5 Å². The molecule has 1 aliphatic rings. The number of para-hydroxylation sites is 1. The monoisotopic (exact) mass is 466 g/mol. The van der Waals surface area contributed by atoms with Gasteiger partial charge in [0, 0.05) is 16.3 Å². The SMILES string of the molecule is CCc1cccc(C)c1NC(=O)C(C)Sc1cccc(NC(=O)C2CC=CCC2C(=O)O)c1. The second kappa shape index (κ2) is 11.2. The Hall–Kier alpha value is -3.06. The van der Waals surface area contributed by atoms with Crippen molar-refractivity contribution in [2.24, 2.45) is 11.8 Å². The van der Waals surface area contributed by atoms with Gasteiger partial charge in [-0.2, -0.15) is 0 Å². The molecule has 2 amide bonds. The van der Waals surface area contributed by atoms with Gasteiger partial charge in [0.15, 0.2) is 0 Å². The number of carbonyl (C=O) groups excluding carboxylic acids is 2. The summed E-state index contributed by atoms with van der Waals surface area (Å²) in [5.74, 6) is -2.66. The van der Waals surface area contributed by atoms with E-state index >= 15 is 0 Å². The van der Waals surface area contributed by atoms with Crippen LogP contribution in [0.4, 0.5) is 11.4 Å². The Morgan fingerprint density at radius 3 is 2.45 bits per heavy atom. The lowest BCUT2D eigenvalue weighted by Crippen LogP contribution is -2.34. The minimum atomic E-state index is -0.955. The van der Waals surface area contributed by atoms with Crippen LogP contribution >= 0.6 is 11.8 Å². The lowest BCUT2D eigenvalue weighted by molar-refractivity contribution is -0.146. The summed E-state index contributed by atoms with van der Waals surface area (Å²) in [4.78, 5) is 37.9. The quantitative estimate of drug-likeness (QED) is 0.363. The second-order valence-electron chi connectivity index (χ2n) is 8.22. The van der Waals surface area contributed by atoms with Crippen LogP contribution in [-0.4, -0.2) is 28.1 Å². The van der Waals surface area contributed by atoms with E-state index in [1.54, 1.807) is 6.07 Å². The first-order chi connectivity index (χ1) is 15.8. The van der Waals surface area contributed by atoms with Crippen LogP contribution in [0.25, 0.3) is 0 Å². The van der Waals surface area contributed by atoms with Gasteiger partial charge in [-0.25, -0.2) is 0 Å². The summed E-state index contributed by atoms with van der Waals surface area (Å²) in [5.41, 5.74) is 3.58. The molecule has 0 heterocycles. The fraction of sp³-hybridized carbons (Fsp3) is 0.346. The maximum absolute atomic E-state index is 12.8. The van der Waals surface area contributed by atoms with E-state index in [0.717, 1.165) is 28.1 Å². The van der Waals surface area contributed by atoms with E-state index in [4.69, 9.17) is 0 Å². The van der Waals surface area contributed by atoms with E-state index in [1.165, 1.54) is 11.8 Å². The highest BCUT2D eigenvalue weighted by atomic mass is 32.2. The molecular weight excluding hydrogens is 436 g/mol. The Labute approximate surface area is 198 Å². The highest BCUT2D eigenvalue weighted by Crippen LogP contribution is 2.30. The third-order valence-corrected chi connectivity index (χ3v) is 6.95. The van der Waals surface area contributed by atoms with Crippen molar-refractivity contribution >= 4 is 40.9 Å². The minimum absolute atomic E-state index is 0.0864. The summed E-state index contributed by atoms with van der Waals surface area (Å²) in [7, 11) is 0. The number of aryl methyl sites for hydroxylation is 2. The zero-order valence-corrected chi connectivity index (χ0v) is 19.9. The molecule has 3 unspecified atom stereocenters. The molecule has 33 heavy (non-hydrogen) atoms. The third kappa shape index (κ3) is 6.26. The number of rotatable bonds is 8. The molecule has 0 aliphatic heterocycles. The number of carboxylic acids is 1. The number of carboxylic acid groups (broad SMARTS) is 1. The minimum Gasteiger partial charge on any atom is -0.481 e. The van der Waals surface area contributed by atoms with Crippen molar-refractivity contribution in [2.45, 2.75) is 50.2 Å². The Morgan fingerprint density at radius 2 is 1.76 bits per heavy atom. The van der Waals surface area contributed by atoms with Crippen LogP contribution in [0.2, 0.25) is 0 Å². The molecule has 2 aromatic carbocycles. The van der Waals surface area contributed by atoms with Gasteiger partial charge in [0.1, 0.15) is 0 Å². The summed E-state index contributed by atoms with van der Waals surface area (Å²) in [6, 6.07) is 13.3. The van der Waals surface area contributed by atoms with Crippen molar-refractivity contribution in [1.82, 2.24) is 0 Å². The standard InChI is InChI=1S/C26H30N2O4S/c1-4-18-10-7-9-16(2)23(18)28-24(29)17(3)33-20-12-8-11-19(15-20)27-25(30)21-13-5-6-14-22(21)26(31)32/h5-12,15,17,21-22H,4,13-14H2,1-3H3,(H,27,30)(H,28,29)(H,31,32). The molecule has 0 saturated heterocycles.